The van der Waals surface area contributed by atoms with Crippen molar-refractivity contribution in [2.75, 3.05) is 18.6 Å². The van der Waals surface area contributed by atoms with Gasteiger partial charge in [0.15, 0.2) is 0 Å². The first kappa shape index (κ1) is 13.2. The molecule has 20 heavy (non-hydrogen) atoms. The molecule has 0 atom stereocenters. The molecule has 0 fully saturated rings. The van der Waals surface area contributed by atoms with E-state index in [-0.39, 0.29) is 5.91 Å². The molecule has 0 spiro atoms. The van der Waals surface area contributed by atoms with Crippen LogP contribution in [0.15, 0.2) is 29.6 Å². The molecule has 0 bridgehead atoms. The molecule has 0 aliphatic carbocycles. The van der Waals surface area contributed by atoms with Crippen LogP contribution in [-0.4, -0.2) is 19.6 Å². The third-order valence-electron chi connectivity index (χ3n) is 3.71. The number of rotatable bonds is 2. The van der Waals surface area contributed by atoms with Crippen LogP contribution in [0.1, 0.15) is 27.2 Å². The van der Waals surface area contributed by atoms with Crippen molar-refractivity contribution >= 4 is 22.9 Å². The first-order valence-corrected chi connectivity index (χ1v) is 7.61. The number of amides is 1. The fraction of sp³-hybridized carbons (Fsp3) is 0.312. The van der Waals surface area contributed by atoms with Crippen molar-refractivity contribution < 1.29 is 9.53 Å². The Kier molecular flexibility index (Phi) is 3.49. The monoisotopic (exact) mass is 287 g/mol. The minimum Gasteiger partial charge on any atom is -0.497 e. The van der Waals surface area contributed by atoms with E-state index in [0.29, 0.717) is 0 Å². The van der Waals surface area contributed by atoms with Crippen molar-refractivity contribution in [3.63, 3.8) is 0 Å². The van der Waals surface area contributed by atoms with Crippen molar-refractivity contribution in [1.82, 2.24) is 0 Å². The van der Waals surface area contributed by atoms with Crippen molar-refractivity contribution in [3.8, 4) is 5.75 Å². The number of carbonyl (C=O) groups excluding carboxylic acids is 1. The molecular weight excluding hydrogens is 270 g/mol. The maximum Gasteiger partial charge on any atom is 0.268 e. The lowest BCUT2D eigenvalue weighted by molar-refractivity contribution is 0.0988. The SMILES string of the molecule is COc1ccc2c(c1)CCCN2C(=O)c1sccc1C. The summed E-state index contributed by atoms with van der Waals surface area (Å²) in [6.45, 7) is 2.78. The number of nitrogens with zero attached hydrogens (tertiary/aromatic N) is 1. The molecule has 1 aliphatic heterocycles. The smallest absolute Gasteiger partial charge is 0.268 e. The Morgan fingerprint density at radius 3 is 2.90 bits per heavy atom. The van der Waals surface area contributed by atoms with Crippen LogP contribution in [0.25, 0.3) is 0 Å². The van der Waals surface area contributed by atoms with Gasteiger partial charge in [0.2, 0.25) is 0 Å². The van der Waals surface area contributed by atoms with E-state index in [1.54, 1.807) is 7.11 Å². The number of ether oxygens (including phenoxy) is 1. The zero-order chi connectivity index (χ0) is 14.1. The lowest BCUT2D eigenvalue weighted by atomic mass is 10.0. The second kappa shape index (κ2) is 5.29. The van der Waals surface area contributed by atoms with Gasteiger partial charge in [-0.25, -0.2) is 0 Å². The van der Waals surface area contributed by atoms with Crippen LogP contribution in [0, 0.1) is 6.92 Å². The van der Waals surface area contributed by atoms with E-state index >= 15 is 0 Å². The van der Waals surface area contributed by atoms with Crippen LogP contribution in [0.3, 0.4) is 0 Å². The maximum atomic E-state index is 12.7. The Labute approximate surface area is 122 Å². The number of methoxy groups -OCH3 is 1. The zero-order valence-corrected chi connectivity index (χ0v) is 12.5. The lowest BCUT2D eigenvalue weighted by Crippen LogP contribution is -2.35. The van der Waals surface area contributed by atoms with Crippen LogP contribution in [0.4, 0.5) is 5.69 Å². The van der Waals surface area contributed by atoms with E-state index < -0.39 is 0 Å². The molecule has 0 radical (unpaired) electrons. The van der Waals surface area contributed by atoms with Crippen LogP contribution in [-0.2, 0) is 6.42 Å². The van der Waals surface area contributed by atoms with Crippen LogP contribution >= 0.6 is 11.3 Å². The van der Waals surface area contributed by atoms with Gasteiger partial charge in [-0.3, -0.25) is 4.79 Å². The Bertz CT molecular complexity index is 648. The van der Waals surface area contributed by atoms with E-state index in [4.69, 9.17) is 4.74 Å². The van der Waals surface area contributed by atoms with Gasteiger partial charge in [0, 0.05) is 12.2 Å². The Balaban J connectivity index is 1.98. The molecule has 0 N–H and O–H groups in total. The third kappa shape index (κ3) is 2.20. The van der Waals surface area contributed by atoms with Crippen molar-refractivity contribution in [2.24, 2.45) is 0 Å². The predicted molar refractivity (Wildman–Crippen MR) is 82.0 cm³/mol. The average molecular weight is 287 g/mol. The number of hydrogen-bond acceptors (Lipinski definition) is 3. The van der Waals surface area contributed by atoms with Gasteiger partial charge in [-0.1, -0.05) is 0 Å². The van der Waals surface area contributed by atoms with E-state index in [9.17, 15) is 4.79 Å². The largest absolute Gasteiger partial charge is 0.497 e. The highest BCUT2D eigenvalue weighted by Crippen LogP contribution is 2.32. The van der Waals surface area contributed by atoms with Gasteiger partial charge >= 0.3 is 0 Å². The topological polar surface area (TPSA) is 29.5 Å². The van der Waals surface area contributed by atoms with Crippen LogP contribution in [0.2, 0.25) is 0 Å². The molecule has 4 heteroatoms. The predicted octanol–water partition coefficient (Wildman–Crippen LogP) is 3.66. The van der Waals surface area contributed by atoms with Gasteiger partial charge in [-0.15, -0.1) is 11.3 Å². The number of anilines is 1. The highest BCUT2D eigenvalue weighted by Gasteiger charge is 2.25. The molecule has 1 aromatic heterocycles. The summed E-state index contributed by atoms with van der Waals surface area (Å²) in [4.78, 5) is 15.4. The minimum atomic E-state index is 0.114. The molecule has 3 rings (SSSR count). The summed E-state index contributed by atoms with van der Waals surface area (Å²) < 4.78 is 5.27. The summed E-state index contributed by atoms with van der Waals surface area (Å²) in [5.74, 6) is 0.967. The van der Waals surface area contributed by atoms with Gasteiger partial charge in [-0.05, 0) is 60.5 Å². The van der Waals surface area contributed by atoms with Crippen LogP contribution in [0.5, 0.6) is 5.75 Å². The Morgan fingerprint density at radius 1 is 1.35 bits per heavy atom. The summed E-state index contributed by atoms with van der Waals surface area (Å²) >= 11 is 1.52. The molecular formula is C16H17NO2S. The molecule has 1 amide bonds. The molecule has 1 aliphatic rings. The van der Waals surface area contributed by atoms with E-state index in [0.717, 1.165) is 41.3 Å². The highest BCUT2D eigenvalue weighted by atomic mass is 32.1. The van der Waals surface area contributed by atoms with Gasteiger partial charge in [0.25, 0.3) is 5.91 Å². The number of fused-ring (bicyclic) bond motifs is 1. The van der Waals surface area contributed by atoms with Crippen molar-refractivity contribution in [1.29, 1.82) is 0 Å². The summed E-state index contributed by atoms with van der Waals surface area (Å²) in [6.07, 6.45) is 2.00. The van der Waals surface area contributed by atoms with Crippen molar-refractivity contribution in [3.05, 3.63) is 45.6 Å². The molecule has 3 nitrogen and oxygen atoms in total. The maximum absolute atomic E-state index is 12.7. The van der Waals surface area contributed by atoms with Crippen LogP contribution < -0.4 is 9.64 Å². The fourth-order valence-electron chi connectivity index (χ4n) is 2.63. The minimum absolute atomic E-state index is 0.114. The van der Waals surface area contributed by atoms with Crippen molar-refractivity contribution in [2.45, 2.75) is 19.8 Å². The number of benzene rings is 1. The van der Waals surface area contributed by atoms with E-state index in [1.165, 1.54) is 16.9 Å². The quantitative estimate of drug-likeness (QED) is 0.843. The second-order valence-corrected chi connectivity index (χ2v) is 5.90. The molecule has 2 heterocycles. The average Bonchev–Trinajstić information content (AvgIpc) is 2.91. The molecule has 1 aromatic carbocycles. The Morgan fingerprint density at radius 2 is 2.20 bits per heavy atom. The molecule has 0 saturated heterocycles. The highest BCUT2D eigenvalue weighted by molar-refractivity contribution is 7.12. The van der Waals surface area contributed by atoms with E-state index in [1.807, 2.05) is 41.5 Å². The summed E-state index contributed by atoms with van der Waals surface area (Å²) in [5.41, 5.74) is 3.27. The van der Waals surface area contributed by atoms with Gasteiger partial charge < -0.3 is 9.64 Å². The van der Waals surface area contributed by atoms with E-state index in [2.05, 4.69) is 0 Å². The van der Waals surface area contributed by atoms with Gasteiger partial charge in [0.05, 0.1) is 12.0 Å². The molecule has 0 saturated carbocycles. The Hall–Kier alpha value is -1.81. The van der Waals surface area contributed by atoms with Gasteiger partial charge in [0.1, 0.15) is 5.75 Å². The first-order chi connectivity index (χ1) is 9.70. The normalized spacial score (nSPS) is 14.0. The third-order valence-corrected chi connectivity index (χ3v) is 4.71. The summed E-state index contributed by atoms with van der Waals surface area (Å²) in [5, 5.41) is 1.97. The summed E-state index contributed by atoms with van der Waals surface area (Å²) in [7, 11) is 1.67. The molecule has 104 valence electrons. The first-order valence-electron chi connectivity index (χ1n) is 6.73. The number of hydrogen-bond donors (Lipinski definition) is 0. The number of carbonyl (C=O) groups is 1. The standard InChI is InChI=1S/C16H17NO2S/c1-11-7-9-20-15(11)16(18)17-8-3-4-12-10-13(19-2)5-6-14(12)17/h5-7,9-10H,3-4,8H2,1-2H3. The van der Waals surface area contributed by atoms with Gasteiger partial charge in [-0.2, -0.15) is 0 Å². The summed E-state index contributed by atoms with van der Waals surface area (Å²) in [6, 6.07) is 7.95. The number of thiophene rings is 1. The number of aryl methyl sites for hydroxylation is 2. The fourth-order valence-corrected chi connectivity index (χ4v) is 3.50. The lowest BCUT2D eigenvalue weighted by Gasteiger charge is -2.29. The molecule has 0 unspecified atom stereocenters. The second-order valence-electron chi connectivity index (χ2n) is 4.99. The zero-order valence-electron chi connectivity index (χ0n) is 11.7. The molecule has 2 aromatic rings.